The van der Waals surface area contributed by atoms with Crippen LogP contribution in [0.1, 0.15) is 6.92 Å². The molecule has 18 heavy (non-hydrogen) atoms. The summed E-state index contributed by atoms with van der Waals surface area (Å²) in [6, 6.07) is 1.73. The molecule has 0 aliphatic carbocycles. The van der Waals surface area contributed by atoms with Gasteiger partial charge in [0.05, 0.1) is 0 Å². The van der Waals surface area contributed by atoms with Gasteiger partial charge in [0.1, 0.15) is 28.9 Å². The zero-order valence-electron chi connectivity index (χ0n) is 10.3. The largest absolute Gasteiger partial charge is 0.492 e. The highest BCUT2D eigenvalue weighted by Crippen LogP contribution is 2.24. The molecule has 1 aromatic rings. The van der Waals surface area contributed by atoms with Crippen LogP contribution in [0.15, 0.2) is 17.0 Å². The molecule has 0 fully saturated rings. The van der Waals surface area contributed by atoms with Crippen LogP contribution in [0.4, 0.5) is 8.78 Å². The van der Waals surface area contributed by atoms with Crippen molar-refractivity contribution in [2.45, 2.75) is 17.9 Å². The minimum Gasteiger partial charge on any atom is -0.492 e. The van der Waals surface area contributed by atoms with Gasteiger partial charge in [0.2, 0.25) is 0 Å². The zero-order chi connectivity index (χ0) is 13.9. The summed E-state index contributed by atoms with van der Waals surface area (Å²) >= 11 is 0. The van der Waals surface area contributed by atoms with Gasteiger partial charge in [-0.1, -0.05) is 0 Å². The molecular formula is C11H15F2NO3S. The van der Waals surface area contributed by atoms with Crippen LogP contribution in [0.3, 0.4) is 0 Å². The molecule has 0 heterocycles. The number of rotatable bonds is 5. The van der Waals surface area contributed by atoms with Gasteiger partial charge in [-0.15, -0.1) is 0 Å². The molecule has 1 atom stereocenters. The van der Waals surface area contributed by atoms with Crippen LogP contribution in [0, 0.1) is 11.6 Å². The normalized spacial score (nSPS) is 13.4. The number of nitrogens with one attached hydrogen (secondary N) is 1. The van der Waals surface area contributed by atoms with Gasteiger partial charge in [0.15, 0.2) is 9.84 Å². The monoisotopic (exact) mass is 279 g/mol. The fourth-order valence-electron chi connectivity index (χ4n) is 1.28. The second-order valence-corrected chi connectivity index (χ2v) is 5.94. The van der Waals surface area contributed by atoms with Gasteiger partial charge < -0.3 is 10.1 Å². The first-order chi connectivity index (χ1) is 8.25. The van der Waals surface area contributed by atoms with E-state index < -0.39 is 26.4 Å². The molecule has 1 aromatic carbocycles. The average molecular weight is 279 g/mol. The van der Waals surface area contributed by atoms with Crippen LogP contribution in [0.5, 0.6) is 5.75 Å². The van der Waals surface area contributed by atoms with Gasteiger partial charge in [-0.25, -0.2) is 17.2 Å². The fraction of sp³-hybridized carbons (Fsp3) is 0.455. The Morgan fingerprint density at radius 1 is 1.33 bits per heavy atom. The molecule has 0 bridgehead atoms. The van der Waals surface area contributed by atoms with E-state index in [4.69, 9.17) is 4.74 Å². The molecule has 0 aliphatic rings. The number of hydrogen-bond acceptors (Lipinski definition) is 4. The van der Waals surface area contributed by atoms with Gasteiger partial charge in [0.25, 0.3) is 0 Å². The first-order valence-corrected chi connectivity index (χ1v) is 7.14. The highest BCUT2D eigenvalue weighted by atomic mass is 32.2. The van der Waals surface area contributed by atoms with Crippen molar-refractivity contribution in [1.29, 1.82) is 0 Å². The summed E-state index contributed by atoms with van der Waals surface area (Å²) in [4.78, 5) is -0.934. The zero-order valence-corrected chi connectivity index (χ0v) is 11.1. The standard InChI is InChI=1S/C11H15F2NO3S/c1-7(14-2)6-17-8-4-9(12)11(10(13)5-8)18(3,15)16/h4-5,7,14H,6H2,1-3H3. The van der Waals surface area contributed by atoms with Crippen LogP contribution in [-0.2, 0) is 9.84 Å². The third-order valence-corrected chi connectivity index (χ3v) is 3.47. The summed E-state index contributed by atoms with van der Waals surface area (Å²) in [5.74, 6) is -2.34. The highest BCUT2D eigenvalue weighted by molar-refractivity contribution is 7.90. The lowest BCUT2D eigenvalue weighted by Gasteiger charge is -2.13. The van der Waals surface area contributed by atoms with Crippen molar-refractivity contribution in [1.82, 2.24) is 5.32 Å². The maximum Gasteiger partial charge on any atom is 0.181 e. The molecule has 0 amide bonds. The predicted molar refractivity (Wildman–Crippen MR) is 63.5 cm³/mol. The van der Waals surface area contributed by atoms with E-state index in [2.05, 4.69) is 5.32 Å². The fourth-order valence-corrected chi connectivity index (χ4v) is 2.11. The van der Waals surface area contributed by atoms with Crippen molar-refractivity contribution in [3.05, 3.63) is 23.8 Å². The van der Waals surface area contributed by atoms with E-state index in [0.717, 1.165) is 18.4 Å². The summed E-state index contributed by atoms with van der Waals surface area (Å²) < 4.78 is 54.5. The van der Waals surface area contributed by atoms with Crippen LogP contribution < -0.4 is 10.1 Å². The first-order valence-electron chi connectivity index (χ1n) is 5.25. The van der Waals surface area contributed by atoms with Gasteiger partial charge >= 0.3 is 0 Å². The molecule has 1 unspecified atom stereocenters. The lowest BCUT2D eigenvalue weighted by Crippen LogP contribution is -2.28. The number of halogens is 2. The van der Waals surface area contributed by atoms with Crippen molar-refractivity contribution in [2.75, 3.05) is 19.9 Å². The maximum atomic E-state index is 13.5. The van der Waals surface area contributed by atoms with Crippen molar-refractivity contribution >= 4 is 9.84 Å². The third kappa shape index (κ3) is 3.64. The number of likely N-dealkylation sites (N-methyl/N-ethyl adjacent to an activating group) is 1. The average Bonchev–Trinajstić information content (AvgIpc) is 2.22. The molecule has 0 spiro atoms. The van der Waals surface area contributed by atoms with Gasteiger partial charge in [-0.05, 0) is 14.0 Å². The smallest absolute Gasteiger partial charge is 0.181 e. The van der Waals surface area contributed by atoms with E-state index in [1.807, 2.05) is 6.92 Å². The SMILES string of the molecule is CNC(C)COc1cc(F)c(S(C)(=O)=O)c(F)c1. The molecule has 102 valence electrons. The topological polar surface area (TPSA) is 55.4 Å². The Morgan fingerprint density at radius 2 is 1.83 bits per heavy atom. The second-order valence-electron chi connectivity index (χ2n) is 3.99. The lowest BCUT2D eigenvalue weighted by molar-refractivity contribution is 0.276. The molecular weight excluding hydrogens is 264 g/mol. The molecule has 0 aliphatic heterocycles. The molecule has 0 saturated carbocycles. The summed E-state index contributed by atoms with van der Waals surface area (Å²) in [5, 5.41) is 2.89. The Kier molecular flexibility index (Phi) is 4.64. The number of ether oxygens (including phenoxy) is 1. The maximum absolute atomic E-state index is 13.5. The quantitative estimate of drug-likeness (QED) is 0.884. The highest BCUT2D eigenvalue weighted by Gasteiger charge is 2.21. The number of hydrogen-bond donors (Lipinski definition) is 1. The van der Waals surface area contributed by atoms with Crippen molar-refractivity contribution in [2.24, 2.45) is 0 Å². The summed E-state index contributed by atoms with van der Waals surface area (Å²) in [6.45, 7) is 2.05. The van der Waals surface area contributed by atoms with E-state index in [9.17, 15) is 17.2 Å². The van der Waals surface area contributed by atoms with Crippen LogP contribution in [0.25, 0.3) is 0 Å². The van der Waals surface area contributed by atoms with E-state index >= 15 is 0 Å². The molecule has 0 radical (unpaired) electrons. The Balaban J connectivity index is 3.01. The van der Waals surface area contributed by atoms with Crippen LogP contribution in [-0.4, -0.2) is 34.4 Å². The third-order valence-electron chi connectivity index (χ3n) is 2.34. The number of benzene rings is 1. The molecule has 0 saturated heterocycles. The van der Waals surface area contributed by atoms with Crippen LogP contribution >= 0.6 is 0 Å². The Hall–Kier alpha value is -1.21. The minimum atomic E-state index is -3.93. The molecule has 0 aromatic heterocycles. The van der Waals surface area contributed by atoms with Crippen molar-refractivity contribution in [3.63, 3.8) is 0 Å². The van der Waals surface area contributed by atoms with Crippen LogP contribution in [0.2, 0.25) is 0 Å². The van der Waals surface area contributed by atoms with Crippen molar-refractivity contribution < 1.29 is 21.9 Å². The van der Waals surface area contributed by atoms with Gasteiger partial charge in [0, 0.05) is 24.4 Å². The first kappa shape index (κ1) is 14.8. The Labute approximate surface area is 105 Å². The van der Waals surface area contributed by atoms with Gasteiger partial charge in [-0.3, -0.25) is 0 Å². The van der Waals surface area contributed by atoms with E-state index in [0.29, 0.717) is 0 Å². The molecule has 1 rings (SSSR count). The van der Waals surface area contributed by atoms with E-state index in [1.54, 1.807) is 7.05 Å². The van der Waals surface area contributed by atoms with E-state index in [1.165, 1.54) is 0 Å². The molecule has 7 heteroatoms. The summed E-state index contributed by atoms with van der Waals surface area (Å²) in [7, 11) is -2.21. The Morgan fingerprint density at radius 3 is 2.22 bits per heavy atom. The minimum absolute atomic E-state index is 0.00528. The predicted octanol–water partition coefficient (Wildman–Crippen LogP) is 1.36. The lowest BCUT2D eigenvalue weighted by atomic mass is 10.3. The molecule has 1 N–H and O–H groups in total. The summed E-state index contributed by atoms with van der Waals surface area (Å²) in [6.07, 6.45) is 0.748. The number of sulfone groups is 1. The second kappa shape index (κ2) is 5.62. The summed E-state index contributed by atoms with van der Waals surface area (Å²) in [5.41, 5.74) is 0. The van der Waals surface area contributed by atoms with E-state index in [-0.39, 0.29) is 18.4 Å². The molecule has 4 nitrogen and oxygen atoms in total. The Bertz CT molecular complexity index is 508. The van der Waals surface area contributed by atoms with Gasteiger partial charge in [-0.2, -0.15) is 0 Å². The van der Waals surface area contributed by atoms with Crippen molar-refractivity contribution in [3.8, 4) is 5.75 Å².